The molecule has 2 N–H and O–H groups in total. The maximum Gasteiger partial charge on any atom is 0.109 e. The maximum atomic E-state index is 4.62. The van der Waals surface area contributed by atoms with Gasteiger partial charge < -0.3 is 10.3 Å². The SMILES string of the molecule is CC(C)c1nc2ccc(CN3CCNCC3)cc2[nH]1. The normalized spacial score (nSPS) is 17.4. The molecule has 0 atom stereocenters. The Hall–Kier alpha value is -1.39. The summed E-state index contributed by atoms with van der Waals surface area (Å²) in [6.45, 7) is 9.84. The molecule has 4 nitrogen and oxygen atoms in total. The van der Waals surface area contributed by atoms with Crippen molar-refractivity contribution in [2.45, 2.75) is 26.3 Å². The fourth-order valence-corrected chi connectivity index (χ4v) is 2.58. The molecular weight excluding hydrogens is 236 g/mol. The van der Waals surface area contributed by atoms with Gasteiger partial charge in [-0.3, -0.25) is 4.90 Å². The van der Waals surface area contributed by atoms with Gasteiger partial charge in [0.2, 0.25) is 0 Å². The largest absolute Gasteiger partial charge is 0.342 e. The van der Waals surface area contributed by atoms with Crippen LogP contribution in [0.1, 0.15) is 31.2 Å². The Morgan fingerprint density at radius 3 is 2.79 bits per heavy atom. The van der Waals surface area contributed by atoms with E-state index in [1.54, 1.807) is 0 Å². The van der Waals surface area contributed by atoms with Crippen LogP contribution in [0, 0.1) is 0 Å². The number of hydrogen-bond donors (Lipinski definition) is 2. The topological polar surface area (TPSA) is 44.0 Å². The van der Waals surface area contributed by atoms with Gasteiger partial charge in [-0.1, -0.05) is 19.9 Å². The summed E-state index contributed by atoms with van der Waals surface area (Å²) in [5, 5.41) is 3.39. The molecule has 0 radical (unpaired) electrons. The molecule has 1 aromatic heterocycles. The van der Waals surface area contributed by atoms with E-state index in [9.17, 15) is 0 Å². The summed E-state index contributed by atoms with van der Waals surface area (Å²) >= 11 is 0. The summed E-state index contributed by atoms with van der Waals surface area (Å²) in [5.74, 6) is 1.53. The second-order valence-corrected chi connectivity index (χ2v) is 5.65. The minimum absolute atomic E-state index is 0.448. The van der Waals surface area contributed by atoms with E-state index in [0.717, 1.165) is 49.6 Å². The van der Waals surface area contributed by atoms with Gasteiger partial charge in [-0.2, -0.15) is 0 Å². The van der Waals surface area contributed by atoms with Gasteiger partial charge in [-0.05, 0) is 17.7 Å². The van der Waals surface area contributed by atoms with Crippen molar-refractivity contribution < 1.29 is 0 Å². The number of nitrogens with one attached hydrogen (secondary N) is 2. The molecule has 3 rings (SSSR count). The zero-order valence-corrected chi connectivity index (χ0v) is 11.7. The highest BCUT2D eigenvalue weighted by Crippen LogP contribution is 2.19. The monoisotopic (exact) mass is 258 g/mol. The number of aromatic nitrogens is 2. The van der Waals surface area contributed by atoms with E-state index in [-0.39, 0.29) is 0 Å². The standard InChI is InChI=1S/C15H22N4/c1-11(2)15-17-13-4-3-12(9-14(13)18-15)10-19-7-5-16-6-8-19/h3-4,9,11,16H,5-8,10H2,1-2H3,(H,17,18). The molecule has 0 unspecified atom stereocenters. The predicted octanol–water partition coefficient (Wildman–Crippen LogP) is 2.09. The number of aromatic amines is 1. The maximum absolute atomic E-state index is 4.62. The van der Waals surface area contributed by atoms with Crippen LogP contribution in [0.2, 0.25) is 0 Å². The van der Waals surface area contributed by atoms with Crippen LogP contribution in [0.25, 0.3) is 11.0 Å². The third-order valence-electron chi connectivity index (χ3n) is 3.73. The van der Waals surface area contributed by atoms with Crippen LogP contribution in [0.5, 0.6) is 0 Å². The molecule has 1 aromatic carbocycles. The Kier molecular flexibility index (Phi) is 3.53. The number of benzene rings is 1. The zero-order valence-electron chi connectivity index (χ0n) is 11.7. The average Bonchev–Trinajstić information content (AvgIpc) is 2.83. The molecular formula is C15H22N4. The van der Waals surface area contributed by atoms with Crippen molar-refractivity contribution in [2.24, 2.45) is 0 Å². The number of hydrogen-bond acceptors (Lipinski definition) is 3. The van der Waals surface area contributed by atoms with E-state index in [2.05, 4.69) is 52.2 Å². The second-order valence-electron chi connectivity index (χ2n) is 5.65. The van der Waals surface area contributed by atoms with Crippen molar-refractivity contribution in [2.75, 3.05) is 26.2 Å². The number of nitrogens with zero attached hydrogens (tertiary/aromatic N) is 2. The average molecular weight is 258 g/mol. The highest BCUT2D eigenvalue weighted by Gasteiger charge is 2.11. The molecule has 1 saturated heterocycles. The van der Waals surface area contributed by atoms with Crippen LogP contribution in [0.4, 0.5) is 0 Å². The number of H-pyrrole nitrogens is 1. The lowest BCUT2D eigenvalue weighted by Gasteiger charge is -2.27. The van der Waals surface area contributed by atoms with E-state index in [1.807, 2.05) is 0 Å². The highest BCUT2D eigenvalue weighted by atomic mass is 15.2. The summed E-state index contributed by atoms with van der Waals surface area (Å²) in [7, 11) is 0. The lowest BCUT2D eigenvalue weighted by molar-refractivity contribution is 0.233. The minimum Gasteiger partial charge on any atom is -0.342 e. The molecule has 102 valence electrons. The first-order valence-electron chi connectivity index (χ1n) is 7.14. The van der Waals surface area contributed by atoms with Crippen molar-refractivity contribution in [1.82, 2.24) is 20.2 Å². The third kappa shape index (κ3) is 2.80. The molecule has 1 aliphatic heterocycles. The van der Waals surface area contributed by atoms with Gasteiger partial charge in [0.1, 0.15) is 5.82 Å². The van der Waals surface area contributed by atoms with Gasteiger partial charge in [0, 0.05) is 38.6 Å². The summed E-state index contributed by atoms with van der Waals surface area (Å²) in [6, 6.07) is 6.58. The fourth-order valence-electron chi connectivity index (χ4n) is 2.58. The molecule has 1 aliphatic rings. The zero-order chi connectivity index (χ0) is 13.2. The second kappa shape index (κ2) is 5.31. The predicted molar refractivity (Wildman–Crippen MR) is 78.3 cm³/mol. The van der Waals surface area contributed by atoms with E-state index in [0.29, 0.717) is 5.92 Å². The van der Waals surface area contributed by atoms with Gasteiger partial charge in [-0.15, -0.1) is 0 Å². The van der Waals surface area contributed by atoms with E-state index < -0.39 is 0 Å². The number of rotatable bonds is 3. The van der Waals surface area contributed by atoms with Crippen LogP contribution >= 0.6 is 0 Å². The summed E-state index contributed by atoms with van der Waals surface area (Å²) < 4.78 is 0. The molecule has 0 spiro atoms. The Balaban J connectivity index is 1.80. The van der Waals surface area contributed by atoms with Crippen LogP contribution in [0.3, 0.4) is 0 Å². The molecule has 4 heteroatoms. The van der Waals surface area contributed by atoms with Crippen molar-refractivity contribution in [3.8, 4) is 0 Å². The lowest BCUT2D eigenvalue weighted by atomic mass is 10.2. The first-order chi connectivity index (χ1) is 9.22. The summed E-state index contributed by atoms with van der Waals surface area (Å²) in [6.07, 6.45) is 0. The molecule has 19 heavy (non-hydrogen) atoms. The molecule has 0 amide bonds. The Morgan fingerprint density at radius 2 is 2.05 bits per heavy atom. The summed E-state index contributed by atoms with van der Waals surface area (Å²) in [5.41, 5.74) is 3.61. The highest BCUT2D eigenvalue weighted by molar-refractivity contribution is 5.76. The first kappa shape index (κ1) is 12.6. The molecule has 1 fully saturated rings. The summed E-state index contributed by atoms with van der Waals surface area (Å²) in [4.78, 5) is 10.5. The smallest absolute Gasteiger partial charge is 0.109 e. The van der Waals surface area contributed by atoms with Crippen molar-refractivity contribution in [3.05, 3.63) is 29.6 Å². The van der Waals surface area contributed by atoms with E-state index in [4.69, 9.17) is 0 Å². The van der Waals surface area contributed by atoms with Crippen molar-refractivity contribution in [3.63, 3.8) is 0 Å². The van der Waals surface area contributed by atoms with Gasteiger partial charge >= 0.3 is 0 Å². The lowest BCUT2D eigenvalue weighted by Crippen LogP contribution is -2.42. The van der Waals surface area contributed by atoms with Crippen LogP contribution in [-0.4, -0.2) is 41.0 Å². The van der Waals surface area contributed by atoms with Gasteiger partial charge in [0.25, 0.3) is 0 Å². The van der Waals surface area contributed by atoms with Crippen molar-refractivity contribution in [1.29, 1.82) is 0 Å². The first-order valence-corrected chi connectivity index (χ1v) is 7.14. The Morgan fingerprint density at radius 1 is 1.26 bits per heavy atom. The Labute approximate surface area is 114 Å². The van der Waals surface area contributed by atoms with Crippen LogP contribution in [-0.2, 0) is 6.54 Å². The van der Waals surface area contributed by atoms with Crippen LogP contribution in [0.15, 0.2) is 18.2 Å². The molecule has 0 aliphatic carbocycles. The molecule has 2 aromatic rings. The van der Waals surface area contributed by atoms with Gasteiger partial charge in [0.05, 0.1) is 11.0 Å². The number of imidazole rings is 1. The molecule has 0 saturated carbocycles. The third-order valence-corrected chi connectivity index (χ3v) is 3.73. The quantitative estimate of drug-likeness (QED) is 0.886. The van der Waals surface area contributed by atoms with Gasteiger partial charge in [-0.25, -0.2) is 4.98 Å². The molecule has 0 bridgehead atoms. The number of piperazine rings is 1. The van der Waals surface area contributed by atoms with Gasteiger partial charge in [0.15, 0.2) is 0 Å². The van der Waals surface area contributed by atoms with Crippen LogP contribution < -0.4 is 5.32 Å². The Bertz CT molecular complexity index is 552. The van der Waals surface area contributed by atoms with E-state index >= 15 is 0 Å². The minimum atomic E-state index is 0.448. The fraction of sp³-hybridized carbons (Fsp3) is 0.533. The van der Waals surface area contributed by atoms with Crippen molar-refractivity contribution >= 4 is 11.0 Å². The van der Waals surface area contributed by atoms with E-state index in [1.165, 1.54) is 5.56 Å². The molecule has 2 heterocycles. The number of fused-ring (bicyclic) bond motifs is 1.